The molecular formula is C25H27N5O. The quantitative estimate of drug-likeness (QED) is 0.515. The monoisotopic (exact) mass is 413 g/mol. The molecule has 1 saturated carbocycles. The van der Waals surface area contributed by atoms with Crippen molar-refractivity contribution in [2.24, 2.45) is 18.9 Å². The summed E-state index contributed by atoms with van der Waals surface area (Å²) in [5, 5.41) is 15.9. The number of phenolic OH excluding ortho intramolecular Hbond substituents is 1. The summed E-state index contributed by atoms with van der Waals surface area (Å²) in [7, 11) is 1.88. The minimum atomic E-state index is 0.192. The van der Waals surface area contributed by atoms with Crippen molar-refractivity contribution in [3.05, 3.63) is 42.6 Å². The van der Waals surface area contributed by atoms with Gasteiger partial charge in [-0.3, -0.25) is 4.68 Å². The van der Waals surface area contributed by atoms with E-state index < -0.39 is 0 Å². The normalized spacial score (nSPS) is 19.4. The van der Waals surface area contributed by atoms with Gasteiger partial charge in [-0.1, -0.05) is 19.3 Å². The Morgan fingerprint density at radius 1 is 0.968 bits per heavy atom. The molecule has 0 radical (unpaired) electrons. The third kappa shape index (κ3) is 3.40. The van der Waals surface area contributed by atoms with Crippen LogP contribution in [0.25, 0.3) is 33.2 Å². The molecule has 1 aliphatic carbocycles. The van der Waals surface area contributed by atoms with E-state index in [1.807, 2.05) is 31.4 Å². The second-order valence-corrected chi connectivity index (χ2v) is 9.27. The van der Waals surface area contributed by atoms with Crippen LogP contribution in [0, 0.1) is 11.8 Å². The highest BCUT2D eigenvalue weighted by Gasteiger charge is 2.28. The first kappa shape index (κ1) is 18.6. The van der Waals surface area contributed by atoms with E-state index in [-0.39, 0.29) is 5.75 Å². The van der Waals surface area contributed by atoms with Crippen molar-refractivity contribution in [2.45, 2.75) is 32.1 Å². The summed E-state index contributed by atoms with van der Waals surface area (Å²) in [5.41, 5.74) is 3.97. The third-order valence-electron chi connectivity index (χ3n) is 7.04. The molecule has 1 atom stereocenters. The zero-order valence-corrected chi connectivity index (χ0v) is 17.8. The van der Waals surface area contributed by atoms with Crippen LogP contribution in [-0.2, 0) is 7.05 Å². The second kappa shape index (κ2) is 7.22. The van der Waals surface area contributed by atoms with E-state index in [9.17, 15) is 5.11 Å². The first-order valence-corrected chi connectivity index (χ1v) is 11.3. The van der Waals surface area contributed by atoms with Crippen LogP contribution in [-0.4, -0.2) is 37.9 Å². The molecule has 1 aliphatic heterocycles. The summed E-state index contributed by atoms with van der Waals surface area (Å²) in [5.74, 6) is 3.03. The number of aromatic hydroxyl groups is 1. The molecule has 158 valence electrons. The van der Waals surface area contributed by atoms with Gasteiger partial charge >= 0.3 is 0 Å². The number of benzene rings is 1. The largest absolute Gasteiger partial charge is 0.507 e. The third-order valence-corrected chi connectivity index (χ3v) is 7.04. The Bertz CT molecular complexity index is 1280. The molecule has 6 rings (SSSR count). The van der Waals surface area contributed by atoms with Crippen molar-refractivity contribution in [3.8, 4) is 17.0 Å². The average molecular weight is 414 g/mol. The van der Waals surface area contributed by atoms with E-state index >= 15 is 0 Å². The van der Waals surface area contributed by atoms with Crippen LogP contribution in [0.1, 0.15) is 32.1 Å². The number of phenols is 1. The van der Waals surface area contributed by atoms with E-state index in [0.29, 0.717) is 5.56 Å². The van der Waals surface area contributed by atoms with Gasteiger partial charge in [0.25, 0.3) is 0 Å². The van der Waals surface area contributed by atoms with Gasteiger partial charge in [0.05, 0.1) is 22.2 Å². The minimum absolute atomic E-state index is 0.192. The molecule has 1 saturated heterocycles. The van der Waals surface area contributed by atoms with Crippen LogP contribution < -0.4 is 4.90 Å². The maximum absolute atomic E-state index is 10.5. The van der Waals surface area contributed by atoms with Gasteiger partial charge in [0.2, 0.25) is 0 Å². The molecule has 1 unspecified atom stereocenters. The Kier molecular flexibility index (Phi) is 4.33. The van der Waals surface area contributed by atoms with Crippen molar-refractivity contribution in [3.63, 3.8) is 0 Å². The van der Waals surface area contributed by atoms with Crippen LogP contribution in [0.2, 0.25) is 0 Å². The predicted molar refractivity (Wildman–Crippen MR) is 123 cm³/mol. The SMILES string of the molecule is Cn1cc2cc(-c3ccc4nc(N5CCC(CC6CCC6)C5)ccc4n3)c(O)cc2n1. The van der Waals surface area contributed by atoms with Gasteiger partial charge in [0.1, 0.15) is 11.6 Å². The molecule has 6 nitrogen and oxygen atoms in total. The zero-order chi connectivity index (χ0) is 20.9. The van der Waals surface area contributed by atoms with E-state index in [1.165, 1.54) is 32.1 Å². The fourth-order valence-electron chi connectivity index (χ4n) is 5.15. The van der Waals surface area contributed by atoms with Gasteiger partial charge in [0, 0.05) is 43.4 Å². The van der Waals surface area contributed by atoms with Gasteiger partial charge < -0.3 is 10.0 Å². The lowest BCUT2D eigenvalue weighted by atomic mass is 9.79. The number of nitrogens with zero attached hydrogens (tertiary/aromatic N) is 5. The lowest BCUT2D eigenvalue weighted by Gasteiger charge is -2.28. The highest BCUT2D eigenvalue weighted by atomic mass is 16.3. The van der Waals surface area contributed by atoms with E-state index in [0.717, 1.165) is 58.4 Å². The highest BCUT2D eigenvalue weighted by molar-refractivity contribution is 5.88. The van der Waals surface area contributed by atoms with Crippen molar-refractivity contribution >= 4 is 27.8 Å². The van der Waals surface area contributed by atoms with E-state index in [4.69, 9.17) is 9.97 Å². The lowest BCUT2D eigenvalue weighted by molar-refractivity contribution is 0.257. The first-order valence-electron chi connectivity index (χ1n) is 11.3. The number of pyridine rings is 2. The summed E-state index contributed by atoms with van der Waals surface area (Å²) < 4.78 is 1.75. The number of aromatic nitrogens is 4. The smallest absolute Gasteiger partial charge is 0.129 e. The molecule has 0 amide bonds. The Morgan fingerprint density at radius 3 is 2.65 bits per heavy atom. The fourth-order valence-corrected chi connectivity index (χ4v) is 5.15. The standard InChI is InChI=1S/C25H27N5O/c1-29-15-18-12-19(24(31)13-23(18)28-29)20-5-6-22-21(26-20)7-8-25(27-22)30-10-9-17(14-30)11-16-3-2-4-16/h5-8,12-13,15-17,31H,2-4,9-11,14H2,1H3. The molecule has 6 heteroatoms. The van der Waals surface area contributed by atoms with Gasteiger partial charge in [-0.2, -0.15) is 5.10 Å². The summed E-state index contributed by atoms with van der Waals surface area (Å²) in [6.45, 7) is 2.22. The molecular weight excluding hydrogens is 386 g/mol. The summed E-state index contributed by atoms with van der Waals surface area (Å²) >= 11 is 0. The second-order valence-electron chi connectivity index (χ2n) is 9.27. The number of aryl methyl sites for hydroxylation is 1. The molecule has 31 heavy (non-hydrogen) atoms. The van der Waals surface area contributed by atoms with Crippen molar-refractivity contribution in [2.75, 3.05) is 18.0 Å². The Balaban J connectivity index is 1.27. The molecule has 2 aliphatic rings. The Hall–Kier alpha value is -3.15. The number of rotatable bonds is 4. The highest BCUT2D eigenvalue weighted by Crippen LogP contribution is 2.36. The molecule has 2 fully saturated rings. The van der Waals surface area contributed by atoms with Gasteiger partial charge in [0.15, 0.2) is 0 Å². The molecule has 0 bridgehead atoms. The number of hydrogen-bond acceptors (Lipinski definition) is 5. The first-order chi connectivity index (χ1) is 15.1. The Morgan fingerprint density at radius 2 is 1.81 bits per heavy atom. The van der Waals surface area contributed by atoms with Crippen molar-refractivity contribution in [1.29, 1.82) is 0 Å². The topological polar surface area (TPSA) is 67.1 Å². The molecule has 4 heterocycles. The minimum Gasteiger partial charge on any atom is -0.507 e. The molecule has 1 N–H and O–H groups in total. The molecule has 1 aromatic carbocycles. The van der Waals surface area contributed by atoms with Crippen molar-refractivity contribution < 1.29 is 5.11 Å². The number of anilines is 1. The number of fused-ring (bicyclic) bond motifs is 2. The van der Waals surface area contributed by atoms with Crippen LogP contribution >= 0.6 is 0 Å². The van der Waals surface area contributed by atoms with Crippen LogP contribution in [0.4, 0.5) is 5.82 Å². The predicted octanol–water partition coefficient (Wildman–Crippen LogP) is 4.91. The van der Waals surface area contributed by atoms with Crippen LogP contribution in [0.15, 0.2) is 42.6 Å². The van der Waals surface area contributed by atoms with Gasteiger partial charge in [-0.15, -0.1) is 0 Å². The Labute approximate surface area is 181 Å². The molecule has 0 spiro atoms. The van der Waals surface area contributed by atoms with Crippen LogP contribution in [0.5, 0.6) is 5.75 Å². The molecule has 3 aromatic heterocycles. The summed E-state index contributed by atoms with van der Waals surface area (Å²) in [6.07, 6.45) is 8.91. The maximum atomic E-state index is 10.5. The van der Waals surface area contributed by atoms with Crippen LogP contribution in [0.3, 0.4) is 0 Å². The summed E-state index contributed by atoms with van der Waals surface area (Å²) in [4.78, 5) is 12.1. The van der Waals surface area contributed by atoms with Gasteiger partial charge in [-0.05, 0) is 55.0 Å². The maximum Gasteiger partial charge on any atom is 0.129 e. The lowest BCUT2D eigenvalue weighted by Crippen LogP contribution is -2.22. The molecule has 4 aromatic rings. The van der Waals surface area contributed by atoms with Gasteiger partial charge in [-0.25, -0.2) is 9.97 Å². The van der Waals surface area contributed by atoms with E-state index in [2.05, 4.69) is 22.1 Å². The zero-order valence-electron chi connectivity index (χ0n) is 17.8. The fraction of sp³-hybridized carbons (Fsp3) is 0.400. The summed E-state index contributed by atoms with van der Waals surface area (Å²) in [6, 6.07) is 11.7. The van der Waals surface area contributed by atoms with E-state index in [1.54, 1.807) is 10.7 Å². The van der Waals surface area contributed by atoms with Crippen molar-refractivity contribution in [1.82, 2.24) is 19.7 Å². The number of hydrogen-bond donors (Lipinski definition) is 1. The average Bonchev–Trinajstić information content (AvgIpc) is 3.35.